The number of benzene rings is 1. The van der Waals surface area contributed by atoms with Crippen LogP contribution in [0, 0.1) is 5.92 Å². The van der Waals surface area contributed by atoms with E-state index in [4.69, 9.17) is 23.2 Å². The van der Waals surface area contributed by atoms with Crippen LogP contribution >= 0.6 is 35.0 Å². The van der Waals surface area contributed by atoms with Crippen molar-refractivity contribution >= 4 is 61.6 Å². The molecule has 2 atom stereocenters. The summed E-state index contributed by atoms with van der Waals surface area (Å²) in [6.45, 7) is 3.54. The summed E-state index contributed by atoms with van der Waals surface area (Å²) in [5.74, 6) is -0.434. The van der Waals surface area contributed by atoms with Crippen LogP contribution in [0.1, 0.15) is 13.8 Å². The molecule has 0 aliphatic carbocycles. The van der Waals surface area contributed by atoms with Crippen molar-refractivity contribution < 1.29 is 13.2 Å². The van der Waals surface area contributed by atoms with Crippen molar-refractivity contribution in [1.82, 2.24) is 0 Å². The molecule has 2 fully saturated rings. The molecule has 9 heteroatoms. The van der Waals surface area contributed by atoms with Crippen molar-refractivity contribution in [3.05, 3.63) is 28.2 Å². The smallest absolute Gasteiger partial charge is 0.250 e. The largest absolute Gasteiger partial charge is 0.313 e. The van der Waals surface area contributed by atoms with Gasteiger partial charge < -0.3 is 4.90 Å². The Hall–Kier alpha value is -0.760. The molecule has 24 heavy (non-hydrogen) atoms. The highest BCUT2D eigenvalue weighted by Gasteiger charge is 2.50. The number of sulfone groups is 1. The number of amidine groups is 1. The molecule has 1 aromatic carbocycles. The van der Waals surface area contributed by atoms with E-state index in [2.05, 4.69) is 4.99 Å². The Bertz CT molecular complexity index is 804. The standard InChI is InChI=1S/C15H16Cl2N2O3S2/c1-8(2)14(20)18-15-19(13-9(16)4-3-5-10(13)17)11-6-24(21,22)7-12(11)23-15/h3-5,8,11-12H,6-7H2,1-2H3/t11-,12+/m1/s1. The monoisotopic (exact) mass is 406 g/mol. The van der Waals surface area contributed by atoms with E-state index in [-0.39, 0.29) is 34.6 Å². The third-order valence-corrected chi connectivity index (χ3v) is 7.76. The number of halogens is 2. The van der Waals surface area contributed by atoms with Gasteiger partial charge in [0.25, 0.3) is 5.91 Å². The molecule has 0 aromatic heterocycles. The number of aliphatic imine (C=N–C) groups is 1. The Morgan fingerprint density at radius 2 is 1.92 bits per heavy atom. The Morgan fingerprint density at radius 1 is 1.29 bits per heavy atom. The number of nitrogens with zero attached hydrogens (tertiary/aromatic N) is 2. The van der Waals surface area contributed by atoms with E-state index in [1.807, 2.05) is 0 Å². The molecule has 1 aromatic rings. The van der Waals surface area contributed by atoms with E-state index in [1.54, 1.807) is 36.9 Å². The summed E-state index contributed by atoms with van der Waals surface area (Å²) in [5.41, 5.74) is 0.508. The molecule has 0 radical (unpaired) electrons. The zero-order valence-electron chi connectivity index (χ0n) is 13.1. The lowest BCUT2D eigenvalue weighted by molar-refractivity contribution is -0.120. The number of thioether (sulfide) groups is 1. The lowest BCUT2D eigenvalue weighted by Gasteiger charge is -2.26. The normalized spacial score (nSPS) is 27.0. The topological polar surface area (TPSA) is 66.8 Å². The number of carbonyl (C=O) groups is 1. The fraction of sp³-hybridized carbons (Fsp3) is 0.467. The van der Waals surface area contributed by atoms with Crippen LogP contribution in [0.3, 0.4) is 0 Å². The van der Waals surface area contributed by atoms with Gasteiger partial charge in [-0.05, 0) is 12.1 Å². The number of anilines is 1. The average molecular weight is 407 g/mol. The zero-order chi connectivity index (χ0) is 17.6. The lowest BCUT2D eigenvalue weighted by Crippen LogP contribution is -2.38. The summed E-state index contributed by atoms with van der Waals surface area (Å²) < 4.78 is 24.0. The molecule has 2 saturated heterocycles. The van der Waals surface area contributed by atoms with Crippen molar-refractivity contribution in [2.24, 2.45) is 10.9 Å². The summed E-state index contributed by atoms with van der Waals surface area (Å²) in [6.07, 6.45) is 0. The van der Waals surface area contributed by atoms with E-state index in [0.29, 0.717) is 20.9 Å². The lowest BCUT2D eigenvalue weighted by atomic mass is 10.2. The predicted octanol–water partition coefficient (Wildman–Crippen LogP) is 3.25. The van der Waals surface area contributed by atoms with E-state index in [9.17, 15) is 13.2 Å². The highest BCUT2D eigenvalue weighted by atomic mass is 35.5. The molecule has 5 nitrogen and oxygen atoms in total. The van der Waals surface area contributed by atoms with Crippen molar-refractivity contribution in [3.63, 3.8) is 0 Å². The highest BCUT2D eigenvalue weighted by molar-refractivity contribution is 8.16. The SMILES string of the molecule is CC(C)C(=O)N=C1S[C@H]2CS(=O)(=O)C[C@H]2N1c1c(Cl)cccc1Cl. The minimum atomic E-state index is -3.13. The summed E-state index contributed by atoms with van der Waals surface area (Å²) in [5, 5.41) is 1.09. The number of para-hydroxylation sites is 1. The minimum Gasteiger partial charge on any atom is -0.313 e. The van der Waals surface area contributed by atoms with Gasteiger partial charge in [-0.25, -0.2) is 8.42 Å². The minimum absolute atomic E-state index is 0.00110. The first-order valence-corrected chi connectivity index (χ1v) is 10.9. The Labute approximate surface area is 155 Å². The van der Waals surface area contributed by atoms with Gasteiger partial charge >= 0.3 is 0 Å². The molecule has 0 spiro atoms. The first-order valence-electron chi connectivity index (χ1n) is 7.42. The van der Waals surface area contributed by atoms with Gasteiger partial charge in [0, 0.05) is 11.2 Å². The number of carbonyl (C=O) groups excluding carboxylic acids is 1. The fourth-order valence-electron chi connectivity index (χ4n) is 2.77. The molecule has 1 amide bonds. The van der Waals surface area contributed by atoms with Crippen LogP contribution in [0.5, 0.6) is 0 Å². The van der Waals surface area contributed by atoms with Gasteiger partial charge in [-0.2, -0.15) is 4.99 Å². The molecule has 3 rings (SSSR count). The highest BCUT2D eigenvalue weighted by Crippen LogP contribution is 2.45. The third kappa shape index (κ3) is 3.31. The molecule has 0 saturated carbocycles. The van der Waals surface area contributed by atoms with Crippen molar-refractivity contribution in [1.29, 1.82) is 0 Å². The second-order valence-corrected chi connectivity index (χ2v) is 10.3. The Balaban J connectivity index is 2.10. The molecule has 0 N–H and O–H groups in total. The van der Waals surface area contributed by atoms with Crippen LogP contribution in [0.4, 0.5) is 5.69 Å². The first kappa shape index (κ1) is 18.0. The first-order chi connectivity index (χ1) is 11.2. The summed E-state index contributed by atoms with van der Waals surface area (Å²) in [7, 11) is -3.13. The van der Waals surface area contributed by atoms with E-state index < -0.39 is 9.84 Å². The molecule has 0 bridgehead atoms. The Kier molecular flexibility index (Phi) is 4.90. The van der Waals surface area contributed by atoms with E-state index in [1.165, 1.54) is 11.8 Å². The van der Waals surface area contributed by atoms with Crippen LogP contribution in [-0.2, 0) is 14.6 Å². The van der Waals surface area contributed by atoms with Crippen LogP contribution < -0.4 is 4.90 Å². The van der Waals surface area contributed by atoms with E-state index >= 15 is 0 Å². The maximum atomic E-state index is 12.1. The van der Waals surface area contributed by atoms with Gasteiger partial charge in [-0.3, -0.25) is 4.79 Å². The van der Waals surface area contributed by atoms with Crippen molar-refractivity contribution in [2.45, 2.75) is 25.1 Å². The number of hydrogen-bond acceptors (Lipinski definition) is 4. The summed E-state index contributed by atoms with van der Waals surface area (Å²) in [6, 6.07) is 4.77. The van der Waals surface area contributed by atoms with Gasteiger partial charge in [-0.15, -0.1) is 0 Å². The molecule has 2 heterocycles. The molecule has 2 aliphatic heterocycles. The maximum absolute atomic E-state index is 12.1. The quantitative estimate of drug-likeness (QED) is 0.753. The van der Waals surface area contributed by atoms with Crippen LogP contribution in [0.15, 0.2) is 23.2 Å². The van der Waals surface area contributed by atoms with Crippen LogP contribution in [0.2, 0.25) is 10.0 Å². The molecular formula is C15H16Cl2N2O3S2. The zero-order valence-corrected chi connectivity index (χ0v) is 16.2. The second-order valence-electron chi connectivity index (χ2n) is 6.13. The van der Waals surface area contributed by atoms with Gasteiger partial charge in [0.2, 0.25) is 0 Å². The Morgan fingerprint density at radius 3 is 2.50 bits per heavy atom. The summed E-state index contributed by atoms with van der Waals surface area (Å²) in [4.78, 5) is 18.0. The third-order valence-electron chi connectivity index (χ3n) is 3.94. The molecular weight excluding hydrogens is 391 g/mol. The molecule has 130 valence electrons. The fourth-order valence-corrected chi connectivity index (χ4v) is 7.25. The second kappa shape index (κ2) is 6.52. The number of hydrogen-bond donors (Lipinski definition) is 0. The van der Waals surface area contributed by atoms with Gasteiger partial charge in [0.05, 0.1) is 33.3 Å². The molecule has 0 unspecified atom stereocenters. The van der Waals surface area contributed by atoms with Crippen LogP contribution in [-0.4, -0.2) is 42.3 Å². The van der Waals surface area contributed by atoms with Crippen LogP contribution in [0.25, 0.3) is 0 Å². The van der Waals surface area contributed by atoms with Crippen molar-refractivity contribution in [3.8, 4) is 0 Å². The van der Waals surface area contributed by atoms with Crippen molar-refractivity contribution in [2.75, 3.05) is 16.4 Å². The number of fused-ring (bicyclic) bond motifs is 1. The molecule has 2 aliphatic rings. The maximum Gasteiger partial charge on any atom is 0.250 e. The number of rotatable bonds is 2. The van der Waals surface area contributed by atoms with Gasteiger partial charge in [0.15, 0.2) is 15.0 Å². The average Bonchev–Trinajstić information content (AvgIpc) is 2.91. The number of amides is 1. The summed E-state index contributed by atoms with van der Waals surface area (Å²) >= 11 is 13.9. The van der Waals surface area contributed by atoms with Gasteiger partial charge in [-0.1, -0.05) is 54.9 Å². The van der Waals surface area contributed by atoms with Gasteiger partial charge in [0.1, 0.15) is 0 Å². The van der Waals surface area contributed by atoms with E-state index in [0.717, 1.165) is 0 Å². The predicted molar refractivity (Wildman–Crippen MR) is 100 cm³/mol.